The molecule has 0 aromatic heterocycles. The minimum absolute atomic E-state index is 0.166. The topological polar surface area (TPSA) is 62.9 Å². The molecule has 3 N–H and O–H groups in total. The van der Waals surface area contributed by atoms with Gasteiger partial charge in [0.1, 0.15) is 0 Å². The molecule has 0 amide bonds. The largest absolute Gasteiger partial charge is 0.378 e. The second kappa shape index (κ2) is 6.49. The fourth-order valence-electron chi connectivity index (χ4n) is 1.99. The molecule has 0 spiro atoms. The third-order valence-electron chi connectivity index (χ3n) is 3.01. The number of anilines is 1. The van der Waals surface area contributed by atoms with E-state index in [0.717, 1.165) is 37.4 Å². The van der Waals surface area contributed by atoms with Gasteiger partial charge in [-0.25, -0.2) is 0 Å². The summed E-state index contributed by atoms with van der Waals surface area (Å²) in [7, 11) is 0. The zero-order valence-corrected chi connectivity index (χ0v) is 11.7. The molecule has 6 heteroatoms. The first kappa shape index (κ1) is 13.8. The summed E-state index contributed by atoms with van der Waals surface area (Å²) in [5.74, 6) is 0. The fraction of sp³-hybridized carbons (Fsp3) is 0.385. The van der Waals surface area contributed by atoms with Crippen molar-refractivity contribution < 1.29 is 4.74 Å². The van der Waals surface area contributed by atoms with E-state index in [-0.39, 0.29) is 5.11 Å². The van der Waals surface area contributed by atoms with Crippen LogP contribution >= 0.6 is 12.2 Å². The van der Waals surface area contributed by atoms with E-state index in [0.29, 0.717) is 0 Å². The summed E-state index contributed by atoms with van der Waals surface area (Å²) < 4.78 is 5.36. The molecule has 0 unspecified atom stereocenters. The SMILES string of the molecule is Cc1cc(N2CCOCC2)ccc1/C=N\NC(N)=S. The number of rotatable bonds is 3. The Bertz CT molecular complexity index is 484. The minimum Gasteiger partial charge on any atom is -0.378 e. The lowest BCUT2D eigenvalue weighted by atomic mass is 10.1. The molecule has 0 radical (unpaired) electrons. The van der Waals surface area contributed by atoms with Crippen LogP contribution in [-0.4, -0.2) is 37.6 Å². The third-order valence-corrected chi connectivity index (χ3v) is 3.10. The molecule has 1 heterocycles. The second-order valence-corrected chi connectivity index (χ2v) is 4.81. The number of nitrogens with two attached hydrogens (primary N) is 1. The molecular formula is C13H18N4OS. The number of benzene rings is 1. The molecule has 1 aliphatic rings. The number of aryl methyl sites for hydroxylation is 1. The Balaban J connectivity index is 2.07. The Morgan fingerprint density at radius 3 is 2.84 bits per heavy atom. The van der Waals surface area contributed by atoms with Gasteiger partial charge in [0.25, 0.3) is 0 Å². The Labute approximate surface area is 118 Å². The highest BCUT2D eigenvalue weighted by Crippen LogP contribution is 2.19. The fourth-order valence-corrected chi connectivity index (χ4v) is 2.04. The first-order valence-electron chi connectivity index (χ1n) is 6.18. The van der Waals surface area contributed by atoms with E-state index in [9.17, 15) is 0 Å². The van der Waals surface area contributed by atoms with Gasteiger partial charge >= 0.3 is 0 Å². The number of thiocarbonyl (C=S) groups is 1. The van der Waals surface area contributed by atoms with Gasteiger partial charge < -0.3 is 15.4 Å². The number of hydrogen-bond donors (Lipinski definition) is 2. The van der Waals surface area contributed by atoms with Crippen LogP contribution in [0.3, 0.4) is 0 Å². The highest BCUT2D eigenvalue weighted by atomic mass is 32.1. The number of hydrazone groups is 1. The average Bonchev–Trinajstić information content (AvgIpc) is 2.41. The van der Waals surface area contributed by atoms with Crippen LogP contribution in [0.4, 0.5) is 5.69 Å². The number of hydrogen-bond acceptors (Lipinski definition) is 4. The molecule has 0 aliphatic carbocycles. The number of morpholine rings is 1. The average molecular weight is 278 g/mol. The molecule has 102 valence electrons. The Morgan fingerprint density at radius 1 is 1.47 bits per heavy atom. The van der Waals surface area contributed by atoms with E-state index < -0.39 is 0 Å². The maximum absolute atomic E-state index is 5.36. The van der Waals surface area contributed by atoms with E-state index in [1.807, 2.05) is 6.07 Å². The smallest absolute Gasteiger partial charge is 0.184 e. The second-order valence-electron chi connectivity index (χ2n) is 4.37. The number of nitrogens with zero attached hydrogens (tertiary/aromatic N) is 2. The van der Waals surface area contributed by atoms with Crippen LogP contribution in [0.1, 0.15) is 11.1 Å². The van der Waals surface area contributed by atoms with Crippen LogP contribution < -0.4 is 16.1 Å². The molecule has 19 heavy (non-hydrogen) atoms. The first-order chi connectivity index (χ1) is 9.16. The van der Waals surface area contributed by atoms with Crippen molar-refractivity contribution in [2.24, 2.45) is 10.8 Å². The van der Waals surface area contributed by atoms with E-state index in [2.05, 4.69) is 46.7 Å². The minimum atomic E-state index is 0.166. The van der Waals surface area contributed by atoms with Gasteiger partial charge in [-0.1, -0.05) is 6.07 Å². The van der Waals surface area contributed by atoms with E-state index in [1.54, 1.807) is 6.21 Å². The van der Waals surface area contributed by atoms with Crippen LogP contribution in [0, 0.1) is 6.92 Å². The molecule has 1 aromatic carbocycles. The van der Waals surface area contributed by atoms with Crippen molar-refractivity contribution >= 4 is 29.2 Å². The van der Waals surface area contributed by atoms with Crippen LogP contribution in [0.2, 0.25) is 0 Å². The lowest BCUT2D eigenvalue weighted by molar-refractivity contribution is 0.122. The van der Waals surface area contributed by atoms with Gasteiger partial charge in [0.05, 0.1) is 19.4 Å². The van der Waals surface area contributed by atoms with Crippen molar-refractivity contribution in [3.63, 3.8) is 0 Å². The molecule has 1 fully saturated rings. The molecule has 0 atom stereocenters. The summed E-state index contributed by atoms with van der Waals surface area (Å²) in [4.78, 5) is 2.32. The monoisotopic (exact) mass is 278 g/mol. The predicted octanol–water partition coefficient (Wildman–Crippen LogP) is 0.999. The zero-order chi connectivity index (χ0) is 13.7. The summed E-state index contributed by atoms with van der Waals surface area (Å²) in [6, 6.07) is 6.30. The molecule has 0 bridgehead atoms. The molecule has 5 nitrogen and oxygen atoms in total. The van der Waals surface area contributed by atoms with Gasteiger partial charge in [-0.15, -0.1) is 0 Å². The summed E-state index contributed by atoms with van der Waals surface area (Å²) in [5, 5.41) is 4.13. The third kappa shape index (κ3) is 3.90. The van der Waals surface area contributed by atoms with Crippen molar-refractivity contribution in [2.45, 2.75) is 6.92 Å². The Kier molecular flexibility index (Phi) is 4.70. The van der Waals surface area contributed by atoms with Gasteiger partial charge in [-0.3, -0.25) is 5.43 Å². The van der Waals surface area contributed by atoms with Crippen LogP contribution in [0.25, 0.3) is 0 Å². The van der Waals surface area contributed by atoms with Crippen molar-refractivity contribution in [1.29, 1.82) is 0 Å². The van der Waals surface area contributed by atoms with E-state index >= 15 is 0 Å². The van der Waals surface area contributed by atoms with Crippen molar-refractivity contribution in [2.75, 3.05) is 31.2 Å². The highest BCUT2D eigenvalue weighted by molar-refractivity contribution is 7.80. The van der Waals surface area contributed by atoms with Crippen LogP contribution in [-0.2, 0) is 4.74 Å². The molecule has 1 saturated heterocycles. The van der Waals surface area contributed by atoms with Gasteiger partial charge in [0, 0.05) is 18.8 Å². The van der Waals surface area contributed by atoms with Gasteiger partial charge in [0.2, 0.25) is 0 Å². The Hall–Kier alpha value is -1.66. The maximum atomic E-state index is 5.36. The van der Waals surface area contributed by atoms with Crippen LogP contribution in [0.5, 0.6) is 0 Å². The van der Waals surface area contributed by atoms with Crippen molar-refractivity contribution in [3.8, 4) is 0 Å². The van der Waals surface area contributed by atoms with Crippen molar-refractivity contribution in [3.05, 3.63) is 29.3 Å². The Morgan fingerprint density at radius 2 is 2.21 bits per heavy atom. The number of ether oxygens (including phenoxy) is 1. The number of nitrogens with one attached hydrogen (secondary N) is 1. The zero-order valence-electron chi connectivity index (χ0n) is 10.9. The normalized spacial score (nSPS) is 15.7. The van der Waals surface area contributed by atoms with Gasteiger partial charge in [0.15, 0.2) is 5.11 Å². The lowest BCUT2D eigenvalue weighted by Gasteiger charge is -2.29. The predicted molar refractivity (Wildman–Crippen MR) is 81.7 cm³/mol. The molecule has 2 rings (SSSR count). The van der Waals surface area contributed by atoms with E-state index in [1.165, 1.54) is 5.69 Å². The summed E-state index contributed by atoms with van der Waals surface area (Å²) in [6.45, 7) is 5.53. The maximum Gasteiger partial charge on any atom is 0.184 e. The first-order valence-corrected chi connectivity index (χ1v) is 6.59. The summed E-state index contributed by atoms with van der Waals surface area (Å²) in [5.41, 5.74) is 11.3. The molecule has 1 aliphatic heterocycles. The summed E-state index contributed by atoms with van der Waals surface area (Å²) >= 11 is 4.68. The standard InChI is InChI=1S/C13H18N4OS/c1-10-8-12(17-4-6-18-7-5-17)3-2-11(10)9-15-16-13(14)19/h2-3,8-9H,4-7H2,1H3,(H3,14,16,19)/b15-9-. The van der Waals surface area contributed by atoms with E-state index in [4.69, 9.17) is 10.5 Å². The van der Waals surface area contributed by atoms with Gasteiger partial charge in [-0.05, 0) is 42.4 Å². The molecular weight excluding hydrogens is 260 g/mol. The van der Waals surface area contributed by atoms with Gasteiger partial charge in [-0.2, -0.15) is 5.10 Å². The molecule has 1 aromatic rings. The lowest BCUT2D eigenvalue weighted by Crippen LogP contribution is -2.36. The molecule has 0 saturated carbocycles. The van der Waals surface area contributed by atoms with Crippen molar-refractivity contribution in [1.82, 2.24) is 5.43 Å². The summed E-state index contributed by atoms with van der Waals surface area (Å²) in [6.07, 6.45) is 1.72. The highest BCUT2D eigenvalue weighted by Gasteiger charge is 2.11. The quantitative estimate of drug-likeness (QED) is 0.491. The van der Waals surface area contributed by atoms with Crippen LogP contribution in [0.15, 0.2) is 23.3 Å².